The van der Waals surface area contributed by atoms with E-state index in [4.69, 9.17) is 4.74 Å². The zero-order chi connectivity index (χ0) is 22.5. The Kier molecular flexibility index (Phi) is 5.60. The van der Waals surface area contributed by atoms with E-state index < -0.39 is 10.0 Å². The normalized spacial score (nSPS) is 18.1. The van der Waals surface area contributed by atoms with E-state index in [0.717, 1.165) is 39.1 Å². The minimum atomic E-state index is -3.61. The summed E-state index contributed by atoms with van der Waals surface area (Å²) in [5, 5.41) is 0. The molecular weight excluding hydrogens is 412 g/mol. The van der Waals surface area contributed by atoms with Crippen molar-refractivity contribution in [1.82, 2.24) is 4.31 Å². The van der Waals surface area contributed by atoms with E-state index in [9.17, 15) is 13.2 Å². The highest BCUT2D eigenvalue weighted by Crippen LogP contribution is 2.35. The van der Waals surface area contributed by atoms with Crippen LogP contribution in [0.15, 0.2) is 29.2 Å². The maximum Gasteiger partial charge on any atom is 0.414 e. The van der Waals surface area contributed by atoms with Crippen LogP contribution in [0.4, 0.5) is 10.5 Å². The number of amides is 1. The molecule has 6 nitrogen and oxygen atoms in total. The molecule has 1 fully saturated rings. The number of benzene rings is 2. The van der Waals surface area contributed by atoms with Gasteiger partial charge in [-0.05, 0) is 81.3 Å². The number of hydrogen-bond acceptors (Lipinski definition) is 4. The summed E-state index contributed by atoms with van der Waals surface area (Å²) in [6.45, 7) is 10.9. The van der Waals surface area contributed by atoms with Crippen LogP contribution in [0.1, 0.15) is 46.2 Å². The van der Waals surface area contributed by atoms with Crippen molar-refractivity contribution in [2.75, 3.05) is 18.0 Å². The molecule has 0 N–H and O–H groups in total. The Morgan fingerprint density at radius 3 is 2.03 bits per heavy atom. The molecule has 4 rings (SSSR count). The van der Waals surface area contributed by atoms with Crippen molar-refractivity contribution in [3.8, 4) is 0 Å². The number of carbonyl (C=O) groups is 1. The number of hydrogen-bond donors (Lipinski definition) is 0. The first-order chi connectivity index (χ1) is 14.6. The van der Waals surface area contributed by atoms with Crippen LogP contribution in [0.5, 0.6) is 0 Å². The molecule has 2 aliphatic rings. The number of fused-ring (bicyclic) bond motifs is 1. The number of piperidine rings is 1. The van der Waals surface area contributed by atoms with Gasteiger partial charge < -0.3 is 4.74 Å². The molecule has 1 amide bonds. The summed E-state index contributed by atoms with van der Waals surface area (Å²) in [7, 11) is -3.61. The summed E-state index contributed by atoms with van der Waals surface area (Å²) in [5.74, 6) is 0. The Bertz CT molecular complexity index is 1120. The van der Waals surface area contributed by atoms with Gasteiger partial charge in [-0.2, -0.15) is 4.31 Å². The van der Waals surface area contributed by atoms with Crippen molar-refractivity contribution in [2.24, 2.45) is 0 Å². The monoisotopic (exact) mass is 442 g/mol. The average molecular weight is 443 g/mol. The third kappa shape index (κ3) is 3.53. The number of rotatable bonds is 3. The van der Waals surface area contributed by atoms with Gasteiger partial charge in [-0.25, -0.2) is 13.2 Å². The van der Waals surface area contributed by atoms with E-state index in [-0.39, 0.29) is 18.7 Å². The van der Waals surface area contributed by atoms with Crippen LogP contribution in [-0.2, 0) is 21.4 Å². The molecule has 2 heterocycles. The number of anilines is 1. The molecule has 0 aliphatic carbocycles. The Morgan fingerprint density at radius 1 is 0.871 bits per heavy atom. The summed E-state index contributed by atoms with van der Waals surface area (Å²) in [6.07, 6.45) is 0.798. The van der Waals surface area contributed by atoms with Gasteiger partial charge in [-0.3, -0.25) is 4.90 Å². The molecule has 2 aromatic rings. The van der Waals surface area contributed by atoms with Crippen LogP contribution in [0.25, 0.3) is 0 Å². The summed E-state index contributed by atoms with van der Waals surface area (Å²) >= 11 is 0. The number of ether oxygens (including phenoxy) is 1. The van der Waals surface area contributed by atoms with Gasteiger partial charge in [0.05, 0.1) is 10.6 Å². The first kappa shape index (κ1) is 21.8. The highest BCUT2D eigenvalue weighted by Gasteiger charge is 2.38. The van der Waals surface area contributed by atoms with Crippen LogP contribution in [0.2, 0.25) is 0 Å². The van der Waals surface area contributed by atoms with Gasteiger partial charge in [0.15, 0.2) is 0 Å². The minimum absolute atomic E-state index is 0.0796. The standard InChI is InChI=1S/C24H30N2O4S/c1-15-16(2)18(4)23(19(5)17(15)3)31(28,29)25-12-10-21(11-13-25)26-22-9-7-6-8-20(22)14-30-24(26)27/h6-9,21H,10-14H2,1-5H3. The Morgan fingerprint density at radius 2 is 1.42 bits per heavy atom. The third-order valence-corrected chi connectivity index (χ3v) is 9.29. The van der Waals surface area contributed by atoms with E-state index in [0.29, 0.717) is 30.8 Å². The molecule has 7 heteroatoms. The molecule has 0 atom stereocenters. The molecule has 0 unspecified atom stereocenters. The highest BCUT2D eigenvalue weighted by atomic mass is 32.2. The zero-order valence-electron chi connectivity index (χ0n) is 18.9. The second-order valence-corrected chi connectivity index (χ2v) is 10.5. The van der Waals surface area contributed by atoms with E-state index in [1.165, 1.54) is 0 Å². The predicted octanol–water partition coefficient (Wildman–Crippen LogP) is 4.54. The van der Waals surface area contributed by atoms with Crippen molar-refractivity contribution in [3.63, 3.8) is 0 Å². The summed E-state index contributed by atoms with van der Waals surface area (Å²) < 4.78 is 34.2. The van der Waals surface area contributed by atoms with Crippen molar-refractivity contribution in [2.45, 2.75) is 65.0 Å². The topological polar surface area (TPSA) is 66.9 Å². The van der Waals surface area contributed by atoms with Crippen LogP contribution in [0, 0.1) is 34.6 Å². The molecule has 0 radical (unpaired) electrons. The lowest BCUT2D eigenvalue weighted by Gasteiger charge is -2.40. The lowest BCUT2D eigenvalue weighted by Crippen LogP contribution is -2.50. The fourth-order valence-corrected chi connectivity index (χ4v) is 6.87. The number of sulfonamides is 1. The highest BCUT2D eigenvalue weighted by molar-refractivity contribution is 7.89. The lowest BCUT2D eigenvalue weighted by atomic mass is 9.95. The van der Waals surface area contributed by atoms with Crippen molar-refractivity contribution >= 4 is 21.8 Å². The van der Waals surface area contributed by atoms with Crippen LogP contribution >= 0.6 is 0 Å². The van der Waals surface area contributed by atoms with Gasteiger partial charge in [0.2, 0.25) is 10.0 Å². The van der Waals surface area contributed by atoms with E-state index in [1.807, 2.05) is 58.9 Å². The smallest absolute Gasteiger partial charge is 0.414 e. The zero-order valence-corrected chi connectivity index (χ0v) is 19.7. The Hall–Kier alpha value is -2.38. The quantitative estimate of drug-likeness (QED) is 0.700. The molecule has 0 aromatic heterocycles. The van der Waals surface area contributed by atoms with Crippen molar-refractivity contribution in [3.05, 3.63) is 57.6 Å². The Balaban J connectivity index is 1.60. The van der Waals surface area contributed by atoms with Crippen LogP contribution in [0.3, 0.4) is 0 Å². The molecular formula is C24H30N2O4S. The molecule has 2 aliphatic heterocycles. The van der Waals surface area contributed by atoms with Crippen molar-refractivity contribution < 1.29 is 17.9 Å². The minimum Gasteiger partial charge on any atom is -0.444 e. The predicted molar refractivity (Wildman–Crippen MR) is 121 cm³/mol. The number of nitrogens with zero attached hydrogens (tertiary/aromatic N) is 2. The van der Waals surface area contributed by atoms with Crippen LogP contribution < -0.4 is 4.90 Å². The molecule has 2 aromatic carbocycles. The molecule has 0 spiro atoms. The van der Waals surface area contributed by atoms with Gasteiger partial charge in [-0.1, -0.05) is 18.2 Å². The van der Waals surface area contributed by atoms with Gasteiger partial charge in [0.25, 0.3) is 0 Å². The van der Waals surface area contributed by atoms with Crippen molar-refractivity contribution in [1.29, 1.82) is 0 Å². The maximum atomic E-state index is 13.6. The summed E-state index contributed by atoms with van der Waals surface area (Å²) in [4.78, 5) is 14.7. The van der Waals surface area contributed by atoms with Gasteiger partial charge in [0, 0.05) is 24.7 Å². The Labute approximate surface area is 184 Å². The number of carbonyl (C=O) groups excluding carboxylic acids is 1. The maximum absolute atomic E-state index is 13.6. The van der Waals surface area contributed by atoms with E-state index in [1.54, 1.807) is 9.21 Å². The number of cyclic esters (lactones) is 1. The number of para-hydroxylation sites is 1. The SMILES string of the molecule is Cc1c(C)c(C)c(S(=O)(=O)N2CCC(N3C(=O)OCc4ccccc43)CC2)c(C)c1C. The van der Waals surface area contributed by atoms with Gasteiger partial charge in [0.1, 0.15) is 6.61 Å². The third-order valence-electron chi connectivity index (χ3n) is 7.12. The molecule has 1 saturated heterocycles. The lowest BCUT2D eigenvalue weighted by molar-refractivity contribution is 0.136. The first-order valence-corrected chi connectivity index (χ1v) is 12.2. The van der Waals surface area contributed by atoms with Crippen LogP contribution in [-0.4, -0.2) is 37.9 Å². The fraction of sp³-hybridized carbons (Fsp3) is 0.458. The molecule has 166 valence electrons. The van der Waals surface area contributed by atoms with E-state index >= 15 is 0 Å². The average Bonchev–Trinajstić information content (AvgIpc) is 2.76. The second kappa shape index (κ2) is 7.95. The van der Waals surface area contributed by atoms with Gasteiger partial charge in [-0.15, -0.1) is 0 Å². The fourth-order valence-electron chi connectivity index (χ4n) is 4.84. The molecule has 31 heavy (non-hydrogen) atoms. The van der Waals surface area contributed by atoms with Gasteiger partial charge >= 0.3 is 6.09 Å². The molecule has 0 saturated carbocycles. The first-order valence-electron chi connectivity index (χ1n) is 10.8. The largest absolute Gasteiger partial charge is 0.444 e. The summed E-state index contributed by atoms with van der Waals surface area (Å²) in [6, 6.07) is 7.66. The second-order valence-electron chi connectivity index (χ2n) is 8.64. The summed E-state index contributed by atoms with van der Waals surface area (Å²) in [5.41, 5.74) is 6.72. The molecule has 0 bridgehead atoms. The van der Waals surface area contributed by atoms with E-state index in [2.05, 4.69) is 0 Å².